The maximum absolute atomic E-state index is 12.6. The number of rotatable bonds is 6. The average Bonchev–Trinajstić information content (AvgIpc) is 2.94. The first kappa shape index (κ1) is 20.8. The first-order valence-electron chi connectivity index (χ1n) is 8.41. The third kappa shape index (κ3) is 6.04. The van der Waals surface area contributed by atoms with E-state index in [2.05, 4.69) is 10.6 Å². The first-order chi connectivity index (χ1) is 12.7. The minimum Gasteiger partial charge on any atom is -0.383 e. The Morgan fingerprint density at radius 3 is 2.44 bits per heavy atom. The second-order valence-corrected chi connectivity index (χ2v) is 8.49. The number of sulfone groups is 1. The van der Waals surface area contributed by atoms with Crippen molar-refractivity contribution in [1.29, 1.82) is 0 Å². The van der Waals surface area contributed by atoms with Crippen molar-refractivity contribution in [2.24, 2.45) is 0 Å². The van der Waals surface area contributed by atoms with Gasteiger partial charge in [-0.15, -0.1) is 0 Å². The lowest BCUT2D eigenvalue weighted by Crippen LogP contribution is -2.47. The summed E-state index contributed by atoms with van der Waals surface area (Å²) in [5, 5.41) is 5.07. The Bertz CT molecular complexity index is 824. The van der Waals surface area contributed by atoms with Crippen LogP contribution in [0.15, 0.2) is 24.3 Å². The highest BCUT2D eigenvalue weighted by atomic mass is 32.2. The number of benzene rings is 1. The van der Waals surface area contributed by atoms with Crippen LogP contribution in [0.3, 0.4) is 0 Å². The number of nitrogens with zero attached hydrogens (tertiary/aromatic N) is 1. The molecule has 3 amide bonds. The summed E-state index contributed by atoms with van der Waals surface area (Å²) in [6.07, 6.45) is 0.295. The van der Waals surface area contributed by atoms with Crippen molar-refractivity contribution < 1.29 is 27.5 Å². The zero-order valence-corrected chi connectivity index (χ0v) is 16.0. The number of anilines is 2. The van der Waals surface area contributed by atoms with E-state index in [1.165, 1.54) is 25.0 Å². The van der Waals surface area contributed by atoms with Gasteiger partial charge < -0.3 is 20.3 Å². The van der Waals surface area contributed by atoms with E-state index in [1.54, 1.807) is 18.2 Å². The highest BCUT2D eigenvalue weighted by molar-refractivity contribution is 7.91. The largest absolute Gasteiger partial charge is 0.383 e. The van der Waals surface area contributed by atoms with Gasteiger partial charge in [-0.3, -0.25) is 14.4 Å². The van der Waals surface area contributed by atoms with Crippen LogP contribution < -0.4 is 10.6 Å². The number of methoxy groups -OCH3 is 1. The predicted octanol–water partition coefficient (Wildman–Crippen LogP) is 0.246. The van der Waals surface area contributed by atoms with Crippen LogP contribution in [0.5, 0.6) is 0 Å². The Balaban J connectivity index is 2.10. The number of ether oxygens (including phenoxy) is 1. The molecule has 0 spiro atoms. The number of hydrogen-bond acceptors (Lipinski definition) is 6. The summed E-state index contributed by atoms with van der Waals surface area (Å²) in [5.41, 5.74) is 0.816. The van der Waals surface area contributed by atoms with Gasteiger partial charge in [0.1, 0.15) is 0 Å². The molecule has 27 heavy (non-hydrogen) atoms. The Hall–Kier alpha value is -2.46. The molecule has 0 bridgehead atoms. The van der Waals surface area contributed by atoms with Crippen LogP contribution >= 0.6 is 0 Å². The molecule has 1 unspecified atom stereocenters. The Morgan fingerprint density at radius 1 is 1.22 bits per heavy atom. The van der Waals surface area contributed by atoms with Gasteiger partial charge in [-0.2, -0.15) is 0 Å². The number of nitrogens with one attached hydrogen (secondary N) is 2. The third-order valence-electron chi connectivity index (χ3n) is 4.08. The lowest BCUT2D eigenvalue weighted by atomic mass is 10.2. The third-order valence-corrected chi connectivity index (χ3v) is 5.83. The summed E-state index contributed by atoms with van der Waals surface area (Å²) in [4.78, 5) is 37.4. The fraction of sp³-hybridized carbons (Fsp3) is 0.471. The summed E-state index contributed by atoms with van der Waals surface area (Å²) in [7, 11) is -1.75. The van der Waals surface area contributed by atoms with Gasteiger partial charge >= 0.3 is 11.8 Å². The number of carbonyl (C=O) groups is 3. The maximum atomic E-state index is 12.6. The van der Waals surface area contributed by atoms with Crippen LogP contribution in [0.4, 0.5) is 11.4 Å². The van der Waals surface area contributed by atoms with Gasteiger partial charge in [-0.05, 0) is 24.6 Å². The topological polar surface area (TPSA) is 122 Å². The monoisotopic (exact) mass is 397 g/mol. The van der Waals surface area contributed by atoms with Gasteiger partial charge in [0.05, 0.1) is 18.1 Å². The summed E-state index contributed by atoms with van der Waals surface area (Å²) in [6, 6.07) is 5.82. The van der Waals surface area contributed by atoms with Crippen LogP contribution in [0, 0.1) is 0 Å². The molecule has 0 saturated carbocycles. The normalized spacial score (nSPS) is 17.9. The van der Waals surface area contributed by atoms with Crippen LogP contribution in [0.1, 0.15) is 13.3 Å². The summed E-state index contributed by atoms with van der Waals surface area (Å²) in [5.74, 6) is -2.13. The minimum absolute atomic E-state index is 0.00515. The van der Waals surface area contributed by atoms with E-state index in [-0.39, 0.29) is 30.6 Å². The zero-order chi connectivity index (χ0) is 20.0. The highest BCUT2D eigenvalue weighted by Gasteiger charge is 2.36. The van der Waals surface area contributed by atoms with Crippen LogP contribution in [0.25, 0.3) is 0 Å². The van der Waals surface area contributed by atoms with Gasteiger partial charge in [-0.25, -0.2) is 8.42 Å². The highest BCUT2D eigenvalue weighted by Crippen LogP contribution is 2.19. The molecule has 2 N–H and O–H groups in total. The molecule has 1 aromatic rings. The van der Waals surface area contributed by atoms with Gasteiger partial charge in [0.2, 0.25) is 5.91 Å². The number of carbonyl (C=O) groups excluding carboxylic acids is 3. The second kappa shape index (κ2) is 8.96. The molecule has 1 aliphatic rings. The lowest BCUT2D eigenvalue weighted by Gasteiger charge is -2.27. The van der Waals surface area contributed by atoms with Crippen LogP contribution in [-0.4, -0.2) is 68.8 Å². The molecule has 148 valence electrons. The molecule has 1 saturated heterocycles. The summed E-state index contributed by atoms with van der Waals surface area (Å²) in [6.45, 7) is 1.67. The molecular weight excluding hydrogens is 374 g/mol. The average molecular weight is 397 g/mol. The van der Waals surface area contributed by atoms with E-state index < -0.39 is 27.7 Å². The van der Waals surface area contributed by atoms with Gasteiger partial charge in [-0.1, -0.05) is 6.07 Å². The van der Waals surface area contributed by atoms with Crippen molar-refractivity contribution in [2.45, 2.75) is 19.4 Å². The first-order valence-corrected chi connectivity index (χ1v) is 10.2. The van der Waals surface area contributed by atoms with Crippen molar-refractivity contribution in [3.63, 3.8) is 0 Å². The zero-order valence-electron chi connectivity index (χ0n) is 15.2. The Kier molecular flexibility index (Phi) is 6.92. The SMILES string of the molecule is COCCN(C(=O)C(=O)Nc1cccc(NC(C)=O)c1)C1CCS(=O)(=O)C1. The quantitative estimate of drug-likeness (QED) is 0.664. The molecule has 2 rings (SSSR count). The lowest BCUT2D eigenvalue weighted by molar-refractivity contribution is -0.144. The molecular formula is C17H23N3O6S. The Labute approximate surface area is 158 Å². The molecule has 9 nitrogen and oxygen atoms in total. The molecule has 0 aliphatic carbocycles. The van der Waals surface area contributed by atoms with E-state index in [4.69, 9.17) is 4.74 Å². The van der Waals surface area contributed by atoms with Gasteiger partial charge in [0.15, 0.2) is 9.84 Å². The Morgan fingerprint density at radius 2 is 1.89 bits per heavy atom. The van der Waals surface area contributed by atoms with Gasteiger partial charge in [0.25, 0.3) is 0 Å². The number of amides is 3. The van der Waals surface area contributed by atoms with Crippen molar-refractivity contribution >= 4 is 38.9 Å². The van der Waals surface area contributed by atoms with E-state index in [0.29, 0.717) is 17.8 Å². The fourth-order valence-electron chi connectivity index (χ4n) is 2.85. The molecule has 1 fully saturated rings. The molecule has 0 radical (unpaired) electrons. The summed E-state index contributed by atoms with van der Waals surface area (Å²) >= 11 is 0. The summed E-state index contributed by atoms with van der Waals surface area (Å²) < 4.78 is 28.4. The van der Waals surface area contributed by atoms with Gasteiger partial charge in [0, 0.05) is 38.0 Å². The predicted molar refractivity (Wildman–Crippen MR) is 100 cm³/mol. The maximum Gasteiger partial charge on any atom is 0.313 e. The minimum atomic E-state index is -3.21. The van der Waals surface area contributed by atoms with E-state index in [9.17, 15) is 22.8 Å². The number of hydrogen-bond donors (Lipinski definition) is 2. The molecule has 1 heterocycles. The van der Waals surface area contributed by atoms with E-state index in [1.807, 2.05) is 0 Å². The molecule has 1 aliphatic heterocycles. The van der Waals surface area contributed by atoms with Crippen LogP contribution in [0.2, 0.25) is 0 Å². The molecule has 1 atom stereocenters. The van der Waals surface area contributed by atoms with E-state index >= 15 is 0 Å². The second-order valence-electron chi connectivity index (χ2n) is 6.26. The van der Waals surface area contributed by atoms with Crippen molar-refractivity contribution in [3.8, 4) is 0 Å². The van der Waals surface area contributed by atoms with Crippen LogP contribution in [-0.2, 0) is 29.0 Å². The van der Waals surface area contributed by atoms with E-state index in [0.717, 1.165) is 0 Å². The van der Waals surface area contributed by atoms with Crippen molar-refractivity contribution in [1.82, 2.24) is 4.90 Å². The standard InChI is InChI=1S/C17H23N3O6S/c1-12(21)18-13-4-3-5-14(10-13)19-16(22)17(23)20(7-8-26-2)15-6-9-27(24,25)11-15/h3-5,10,15H,6-9,11H2,1-2H3,(H,18,21)(H,19,22). The smallest absolute Gasteiger partial charge is 0.313 e. The molecule has 1 aromatic carbocycles. The molecule has 0 aromatic heterocycles. The molecule has 10 heteroatoms. The van der Waals surface area contributed by atoms with Crippen molar-refractivity contribution in [2.75, 3.05) is 42.4 Å². The van der Waals surface area contributed by atoms with Crippen molar-refractivity contribution in [3.05, 3.63) is 24.3 Å². The fourth-order valence-corrected chi connectivity index (χ4v) is 4.58.